The molecule has 0 aliphatic carbocycles. The van der Waals surface area contributed by atoms with Gasteiger partial charge in [0.15, 0.2) is 0 Å². The van der Waals surface area contributed by atoms with Crippen molar-refractivity contribution in [2.24, 2.45) is 0 Å². The molecule has 96 valence electrons. The average Bonchev–Trinajstić information content (AvgIpc) is 2.84. The van der Waals surface area contributed by atoms with E-state index in [2.05, 4.69) is 10.6 Å². The largest absolute Gasteiger partial charge is 0.467 e. The normalized spacial score (nSPS) is 12.4. The van der Waals surface area contributed by atoms with Crippen LogP contribution in [0.1, 0.15) is 19.6 Å². The predicted molar refractivity (Wildman–Crippen MR) is 64.5 cm³/mol. The zero-order chi connectivity index (χ0) is 12.5. The van der Waals surface area contributed by atoms with Crippen molar-refractivity contribution in [3.8, 4) is 0 Å². The van der Waals surface area contributed by atoms with E-state index in [4.69, 9.17) is 9.15 Å². The maximum absolute atomic E-state index is 11.6. The summed E-state index contributed by atoms with van der Waals surface area (Å²) in [6.45, 7) is 6.17. The van der Waals surface area contributed by atoms with Gasteiger partial charge in [0.05, 0.1) is 25.5 Å². The third kappa shape index (κ3) is 5.51. The van der Waals surface area contributed by atoms with Crippen LogP contribution in [0.25, 0.3) is 0 Å². The lowest BCUT2D eigenvalue weighted by atomic mass is 10.3. The van der Waals surface area contributed by atoms with Gasteiger partial charge in [-0.15, -0.1) is 0 Å². The van der Waals surface area contributed by atoms with Crippen LogP contribution in [-0.4, -0.2) is 31.7 Å². The van der Waals surface area contributed by atoms with Crippen LogP contribution < -0.4 is 10.6 Å². The van der Waals surface area contributed by atoms with Gasteiger partial charge in [0.2, 0.25) is 5.91 Å². The summed E-state index contributed by atoms with van der Waals surface area (Å²) < 4.78 is 10.3. The molecule has 0 aromatic carbocycles. The zero-order valence-electron chi connectivity index (χ0n) is 10.4. The second-order valence-electron chi connectivity index (χ2n) is 3.67. The van der Waals surface area contributed by atoms with Gasteiger partial charge in [0, 0.05) is 13.2 Å². The second kappa shape index (κ2) is 7.86. The van der Waals surface area contributed by atoms with Gasteiger partial charge < -0.3 is 19.8 Å². The molecule has 0 bridgehead atoms. The topological polar surface area (TPSA) is 63.5 Å². The van der Waals surface area contributed by atoms with E-state index >= 15 is 0 Å². The van der Waals surface area contributed by atoms with Crippen molar-refractivity contribution in [3.05, 3.63) is 24.2 Å². The summed E-state index contributed by atoms with van der Waals surface area (Å²) in [4.78, 5) is 11.6. The zero-order valence-corrected chi connectivity index (χ0v) is 10.4. The van der Waals surface area contributed by atoms with Gasteiger partial charge in [-0.1, -0.05) is 0 Å². The summed E-state index contributed by atoms with van der Waals surface area (Å²) in [5.41, 5.74) is 0. The van der Waals surface area contributed by atoms with E-state index in [1.807, 2.05) is 19.9 Å². The standard InChI is InChI=1S/C12H20N2O3/c1-3-16-8-6-13-10(2)12(15)14-9-11-5-4-7-17-11/h4-5,7,10,13H,3,6,8-9H2,1-2H3,(H,14,15). The highest BCUT2D eigenvalue weighted by Gasteiger charge is 2.11. The molecule has 1 heterocycles. The molecule has 5 heteroatoms. The van der Waals surface area contributed by atoms with Gasteiger partial charge >= 0.3 is 0 Å². The Morgan fingerprint density at radius 3 is 3.06 bits per heavy atom. The molecule has 1 amide bonds. The Morgan fingerprint density at radius 1 is 1.59 bits per heavy atom. The van der Waals surface area contributed by atoms with Gasteiger partial charge in [0.25, 0.3) is 0 Å². The summed E-state index contributed by atoms with van der Waals surface area (Å²) >= 11 is 0. The summed E-state index contributed by atoms with van der Waals surface area (Å²) in [6, 6.07) is 3.39. The molecule has 0 fully saturated rings. The average molecular weight is 240 g/mol. The third-order valence-corrected chi connectivity index (χ3v) is 2.31. The van der Waals surface area contributed by atoms with Crippen LogP contribution in [0.4, 0.5) is 0 Å². The summed E-state index contributed by atoms with van der Waals surface area (Å²) in [5, 5.41) is 5.87. The summed E-state index contributed by atoms with van der Waals surface area (Å²) in [5.74, 6) is 0.706. The van der Waals surface area contributed by atoms with Gasteiger partial charge in [-0.25, -0.2) is 0 Å². The molecule has 0 spiro atoms. The lowest BCUT2D eigenvalue weighted by Crippen LogP contribution is -2.43. The van der Waals surface area contributed by atoms with Crippen molar-refractivity contribution >= 4 is 5.91 Å². The molecule has 0 saturated heterocycles. The Balaban J connectivity index is 2.13. The second-order valence-corrected chi connectivity index (χ2v) is 3.67. The van der Waals surface area contributed by atoms with Crippen LogP contribution in [0.5, 0.6) is 0 Å². The SMILES string of the molecule is CCOCCNC(C)C(=O)NCc1ccco1. The van der Waals surface area contributed by atoms with E-state index in [0.717, 1.165) is 5.76 Å². The van der Waals surface area contributed by atoms with Gasteiger partial charge in [0.1, 0.15) is 5.76 Å². The number of rotatable bonds is 8. The number of ether oxygens (including phenoxy) is 1. The predicted octanol–water partition coefficient (Wildman–Crippen LogP) is 0.910. The highest BCUT2D eigenvalue weighted by molar-refractivity contribution is 5.81. The Bertz CT molecular complexity index is 312. The van der Waals surface area contributed by atoms with Crippen molar-refractivity contribution < 1.29 is 13.9 Å². The Morgan fingerprint density at radius 2 is 2.41 bits per heavy atom. The number of furan rings is 1. The smallest absolute Gasteiger partial charge is 0.237 e. The third-order valence-electron chi connectivity index (χ3n) is 2.31. The molecule has 0 radical (unpaired) electrons. The molecule has 1 rings (SSSR count). The van der Waals surface area contributed by atoms with Crippen LogP contribution in [0, 0.1) is 0 Å². The number of amides is 1. The highest BCUT2D eigenvalue weighted by Crippen LogP contribution is 1.98. The Labute approximate surface area is 102 Å². The lowest BCUT2D eigenvalue weighted by Gasteiger charge is -2.13. The van der Waals surface area contributed by atoms with Crippen molar-refractivity contribution in [1.82, 2.24) is 10.6 Å². The summed E-state index contributed by atoms with van der Waals surface area (Å²) in [6.07, 6.45) is 1.59. The quantitative estimate of drug-likeness (QED) is 0.663. The van der Waals surface area contributed by atoms with Crippen molar-refractivity contribution in [3.63, 3.8) is 0 Å². The molecule has 1 aromatic heterocycles. The first kappa shape index (κ1) is 13.7. The molecule has 1 unspecified atom stereocenters. The molecule has 17 heavy (non-hydrogen) atoms. The van der Waals surface area contributed by atoms with Crippen LogP contribution in [0.3, 0.4) is 0 Å². The van der Waals surface area contributed by atoms with E-state index in [9.17, 15) is 4.79 Å². The minimum Gasteiger partial charge on any atom is -0.467 e. The lowest BCUT2D eigenvalue weighted by molar-refractivity contribution is -0.123. The molecule has 0 aliphatic rings. The molecule has 0 aliphatic heterocycles. The minimum absolute atomic E-state index is 0.0436. The monoisotopic (exact) mass is 240 g/mol. The van der Waals surface area contributed by atoms with E-state index in [1.54, 1.807) is 12.3 Å². The first-order valence-electron chi connectivity index (χ1n) is 5.85. The van der Waals surface area contributed by atoms with E-state index in [0.29, 0.717) is 26.3 Å². The maximum atomic E-state index is 11.6. The maximum Gasteiger partial charge on any atom is 0.237 e. The minimum atomic E-state index is -0.231. The van der Waals surface area contributed by atoms with Crippen LogP contribution in [0.2, 0.25) is 0 Å². The van der Waals surface area contributed by atoms with Crippen molar-refractivity contribution in [2.45, 2.75) is 26.4 Å². The van der Waals surface area contributed by atoms with Crippen LogP contribution in [-0.2, 0) is 16.1 Å². The van der Waals surface area contributed by atoms with E-state index in [-0.39, 0.29) is 11.9 Å². The molecule has 2 N–H and O–H groups in total. The Kier molecular flexibility index (Phi) is 6.35. The molecular weight excluding hydrogens is 220 g/mol. The fourth-order valence-electron chi connectivity index (χ4n) is 1.33. The number of nitrogens with one attached hydrogen (secondary N) is 2. The number of carbonyl (C=O) groups excluding carboxylic acids is 1. The van der Waals surface area contributed by atoms with Crippen molar-refractivity contribution in [1.29, 1.82) is 0 Å². The molecular formula is C12H20N2O3. The molecule has 5 nitrogen and oxygen atoms in total. The number of carbonyl (C=O) groups is 1. The van der Waals surface area contributed by atoms with Crippen LogP contribution >= 0.6 is 0 Å². The first-order chi connectivity index (χ1) is 8.24. The van der Waals surface area contributed by atoms with Gasteiger partial charge in [-0.2, -0.15) is 0 Å². The highest BCUT2D eigenvalue weighted by atomic mass is 16.5. The fourth-order valence-corrected chi connectivity index (χ4v) is 1.33. The molecule has 1 aromatic rings. The fraction of sp³-hybridized carbons (Fsp3) is 0.583. The van der Waals surface area contributed by atoms with Gasteiger partial charge in [-0.3, -0.25) is 4.79 Å². The summed E-state index contributed by atoms with van der Waals surface area (Å²) in [7, 11) is 0. The number of hydrogen-bond acceptors (Lipinski definition) is 4. The van der Waals surface area contributed by atoms with Crippen LogP contribution in [0.15, 0.2) is 22.8 Å². The first-order valence-corrected chi connectivity index (χ1v) is 5.85. The number of hydrogen-bond donors (Lipinski definition) is 2. The molecule has 0 saturated carbocycles. The van der Waals surface area contributed by atoms with Crippen molar-refractivity contribution in [2.75, 3.05) is 19.8 Å². The molecule has 1 atom stereocenters. The van der Waals surface area contributed by atoms with Gasteiger partial charge in [-0.05, 0) is 26.0 Å². The van der Waals surface area contributed by atoms with E-state index in [1.165, 1.54) is 0 Å². The Hall–Kier alpha value is -1.33. The van der Waals surface area contributed by atoms with E-state index < -0.39 is 0 Å².